The van der Waals surface area contributed by atoms with E-state index >= 15 is 0 Å². The van der Waals surface area contributed by atoms with Crippen LogP contribution < -0.4 is 10.3 Å². The number of rotatable bonds is 12. The first-order valence-electron chi connectivity index (χ1n) is 12.4. The lowest BCUT2D eigenvalue weighted by atomic mass is 10.1. The first-order valence-corrected chi connectivity index (χ1v) is 12.4. The Balaban J connectivity index is 1.66. The van der Waals surface area contributed by atoms with E-state index in [1.165, 1.54) is 0 Å². The largest absolute Gasteiger partial charge is 0.497 e. The van der Waals surface area contributed by atoms with Gasteiger partial charge in [-0.05, 0) is 71.5 Å². The zero-order chi connectivity index (χ0) is 25.5. The molecule has 0 spiro atoms. The van der Waals surface area contributed by atoms with Crippen LogP contribution in [0.5, 0.6) is 5.75 Å². The van der Waals surface area contributed by atoms with E-state index in [1.807, 2.05) is 54.1 Å². The van der Waals surface area contributed by atoms with Crippen molar-refractivity contribution in [1.29, 1.82) is 0 Å². The predicted molar refractivity (Wildman–Crippen MR) is 139 cm³/mol. The summed E-state index contributed by atoms with van der Waals surface area (Å²) >= 11 is 0. The highest BCUT2D eigenvalue weighted by molar-refractivity contribution is 5.79. The van der Waals surface area contributed by atoms with E-state index in [-0.39, 0.29) is 18.2 Å². The van der Waals surface area contributed by atoms with Gasteiger partial charge in [-0.3, -0.25) is 9.69 Å². The Morgan fingerprint density at radius 2 is 1.97 bits per heavy atom. The molecule has 2 aromatic heterocycles. The van der Waals surface area contributed by atoms with Crippen molar-refractivity contribution in [3.05, 3.63) is 81.4 Å². The minimum atomic E-state index is -0.109. The number of pyridine rings is 1. The third-order valence-electron chi connectivity index (χ3n) is 6.41. The molecule has 0 saturated carbocycles. The average molecular weight is 491 g/mol. The van der Waals surface area contributed by atoms with E-state index in [0.29, 0.717) is 31.6 Å². The first-order chi connectivity index (χ1) is 17.5. The van der Waals surface area contributed by atoms with Crippen molar-refractivity contribution in [3.63, 3.8) is 0 Å². The van der Waals surface area contributed by atoms with Crippen LogP contribution in [-0.2, 0) is 13.1 Å². The normalized spacial score (nSPS) is 12.4. The fraction of sp³-hybridized carbons (Fsp3) is 0.407. The summed E-state index contributed by atoms with van der Waals surface area (Å²) in [5, 5.41) is 23.3. The summed E-state index contributed by atoms with van der Waals surface area (Å²) in [5.74, 6) is 1.55. The Labute approximate surface area is 210 Å². The Hall–Kier alpha value is -3.56. The lowest BCUT2D eigenvalue weighted by Crippen LogP contribution is -2.34. The molecule has 0 radical (unpaired) electrons. The minimum Gasteiger partial charge on any atom is -0.497 e. The van der Waals surface area contributed by atoms with Crippen molar-refractivity contribution in [2.45, 2.75) is 52.2 Å². The SMILES string of the molecule is CCC[C@@H](c1nnnn1Cc1ccc(OC)cc1)N(CCCO)Cc1cc2cc(C)ccc2[nH]c1=O. The van der Waals surface area contributed by atoms with Crippen LogP contribution in [0.15, 0.2) is 53.3 Å². The molecule has 1 atom stereocenters. The number of ether oxygens (including phenoxy) is 1. The molecule has 2 N–H and O–H groups in total. The second-order valence-corrected chi connectivity index (χ2v) is 9.11. The van der Waals surface area contributed by atoms with Gasteiger partial charge in [0.05, 0.1) is 19.7 Å². The quantitative estimate of drug-likeness (QED) is 0.312. The molecule has 0 fully saturated rings. The topological polar surface area (TPSA) is 109 Å². The van der Waals surface area contributed by atoms with Crippen molar-refractivity contribution in [2.24, 2.45) is 0 Å². The molecule has 9 nitrogen and oxygen atoms in total. The highest BCUT2D eigenvalue weighted by atomic mass is 16.5. The maximum Gasteiger partial charge on any atom is 0.252 e. The van der Waals surface area contributed by atoms with Gasteiger partial charge in [-0.15, -0.1) is 5.10 Å². The Bertz CT molecular complexity index is 1330. The number of aromatic amines is 1. The van der Waals surface area contributed by atoms with Gasteiger partial charge in [0.25, 0.3) is 5.56 Å². The summed E-state index contributed by atoms with van der Waals surface area (Å²) in [6.07, 6.45) is 2.33. The van der Waals surface area contributed by atoms with Crippen LogP contribution in [0.2, 0.25) is 0 Å². The van der Waals surface area contributed by atoms with Crippen LogP contribution in [0.3, 0.4) is 0 Å². The highest BCUT2D eigenvalue weighted by Crippen LogP contribution is 2.27. The van der Waals surface area contributed by atoms with E-state index in [9.17, 15) is 9.90 Å². The number of methoxy groups -OCH3 is 1. The molecule has 4 rings (SSSR count). The molecular weight excluding hydrogens is 456 g/mol. The lowest BCUT2D eigenvalue weighted by molar-refractivity contribution is 0.148. The molecule has 0 aliphatic rings. The van der Waals surface area contributed by atoms with Crippen molar-refractivity contribution < 1.29 is 9.84 Å². The van der Waals surface area contributed by atoms with Gasteiger partial charge in [0, 0.05) is 30.8 Å². The summed E-state index contributed by atoms with van der Waals surface area (Å²) < 4.78 is 7.09. The second kappa shape index (κ2) is 11.9. The summed E-state index contributed by atoms with van der Waals surface area (Å²) in [4.78, 5) is 18.2. The van der Waals surface area contributed by atoms with Gasteiger partial charge in [-0.2, -0.15) is 0 Å². The third-order valence-corrected chi connectivity index (χ3v) is 6.41. The number of hydrogen-bond acceptors (Lipinski definition) is 7. The number of benzene rings is 2. The summed E-state index contributed by atoms with van der Waals surface area (Å²) in [6, 6.07) is 15.7. The molecule has 4 aromatic rings. The van der Waals surface area contributed by atoms with Gasteiger partial charge in [0.2, 0.25) is 0 Å². The molecule has 36 heavy (non-hydrogen) atoms. The summed E-state index contributed by atoms with van der Waals surface area (Å²) in [6.45, 7) is 5.80. The molecule has 0 aliphatic carbocycles. The summed E-state index contributed by atoms with van der Waals surface area (Å²) in [5.41, 5.74) is 3.60. The van der Waals surface area contributed by atoms with Crippen LogP contribution in [0.25, 0.3) is 10.9 Å². The number of aromatic nitrogens is 5. The van der Waals surface area contributed by atoms with E-state index in [0.717, 1.165) is 46.4 Å². The van der Waals surface area contributed by atoms with E-state index < -0.39 is 0 Å². The van der Waals surface area contributed by atoms with Crippen LogP contribution in [-0.4, -0.2) is 55.5 Å². The van der Waals surface area contributed by atoms with Gasteiger partial charge in [0.15, 0.2) is 5.82 Å². The third kappa shape index (κ3) is 5.98. The van der Waals surface area contributed by atoms with Gasteiger partial charge in [-0.1, -0.05) is 37.1 Å². The van der Waals surface area contributed by atoms with Gasteiger partial charge >= 0.3 is 0 Å². The van der Waals surface area contributed by atoms with Gasteiger partial charge in [-0.25, -0.2) is 4.68 Å². The Kier molecular flexibility index (Phi) is 8.45. The van der Waals surface area contributed by atoms with E-state index in [1.54, 1.807) is 7.11 Å². The molecule has 2 heterocycles. The molecular formula is C27H34N6O3. The van der Waals surface area contributed by atoms with Crippen LogP contribution in [0.1, 0.15) is 54.7 Å². The lowest BCUT2D eigenvalue weighted by Gasteiger charge is -2.30. The fourth-order valence-corrected chi connectivity index (χ4v) is 4.54. The maximum absolute atomic E-state index is 13.0. The van der Waals surface area contributed by atoms with Crippen molar-refractivity contribution in [3.8, 4) is 5.75 Å². The monoisotopic (exact) mass is 490 g/mol. The molecule has 0 amide bonds. The number of fused-ring (bicyclic) bond motifs is 1. The summed E-state index contributed by atoms with van der Waals surface area (Å²) in [7, 11) is 1.65. The van der Waals surface area contributed by atoms with Crippen LogP contribution in [0.4, 0.5) is 0 Å². The van der Waals surface area contributed by atoms with Crippen LogP contribution >= 0.6 is 0 Å². The molecule has 0 saturated heterocycles. The minimum absolute atomic E-state index is 0.0689. The Morgan fingerprint density at radius 1 is 1.17 bits per heavy atom. The molecule has 0 bridgehead atoms. The second-order valence-electron chi connectivity index (χ2n) is 9.11. The van der Waals surface area contributed by atoms with Gasteiger partial charge < -0.3 is 14.8 Å². The fourth-order valence-electron chi connectivity index (χ4n) is 4.54. The standard InChI is InChI=1S/C27H34N6O3/c1-4-6-25(26-29-30-31-33(26)17-20-8-10-23(36-3)11-9-20)32(13-5-14-34)18-22-16-21-15-19(2)7-12-24(21)28-27(22)35/h7-12,15-16,25,34H,4-6,13-14,17-18H2,1-3H3,(H,28,35)/t25-/m0/s1. The number of tetrazole rings is 1. The number of aliphatic hydroxyl groups is 1. The Morgan fingerprint density at radius 3 is 2.69 bits per heavy atom. The molecule has 2 aromatic carbocycles. The number of nitrogens with one attached hydrogen (secondary N) is 1. The van der Waals surface area contributed by atoms with Crippen molar-refractivity contribution in [1.82, 2.24) is 30.1 Å². The number of hydrogen-bond donors (Lipinski definition) is 2. The predicted octanol–water partition coefficient (Wildman–Crippen LogP) is 3.61. The number of aliphatic hydroxyl groups excluding tert-OH is 1. The molecule has 0 unspecified atom stereocenters. The van der Waals surface area contributed by atoms with E-state index in [4.69, 9.17) is 4.74 Å². The van der Waals surface area contributed by atoms with E-state index in [2.05, 4.69) is 38.4 Å². The van der Waals surface area contributed by atoms with Crippen molar-refractivity contribution >= 4 is 10.9 Å². The average Bonchev–Trinajstić information content (AvgIpc) is 3.34. The molecule has 0 aliphatic heterocycles. The van der Waals surface area contributed by atoms with Crippen molar-refractivity contribution in [2.75, 3.05) is 20.3 Å². The van der Waals surface area contributed by atoms with Crippen LogP contribution in [0, 0.1) is 6.92 Å². The number of aryl methyl sites for hydroxylation is 1. The zero-order valence-corrected chi connectivity index (χ0v) is 21.1. The maximum atomic E-state index is 13.0. The number of nitrogens with zero attached hydrogens (tertiary/aromatic N) is 5. The van der Waals surface area contributed by atoms with Gasteiger partial charge in [0.1, 0.15) is 5.75 Å². The molecule has 190 valence electrons. The number of H-pyrrole nitrogens is 1. The molecule has 9 heteroatoms. The first kappa shape index (κ1) is 25.5. The zero-order valence-electron chi connectivity index (χ0n) is 21.1. The smallest absolute Gasteiger partial charge is 0.252 e. The highest BCUT2D eigenvalue weighted by Gasteiger charge is 2.26.